The molecule has 0 aliphatic rings. The smallest absolute Gasteiger partial charge is 0.338 e. The second-order valence-corrected chi connectivity index (χ2v) is 26.9. The zero-order chi connectivity index (χ0) is 71.6. The van der Waals surface area contributed by atoms with Crippen molar-refractivity contribution in [2.45, 2.75) is 158 Å². The van der Waals surface area contributed by atoms with Crippen LogP contribution in [0.2, 0.25) is 0 Å². The van der Waals surface area contributed by atoms with Gasteiger partial charge in [-0.2, -0.15) is 0 Å². The van der Waals surface area contributed by atoms with Crippen molar-refractivity contribution in [3.05, 3.63) is 129 Å². The van der Waals surface area contributed by atoms with Crippen molar-refractivity contribution in [2.75, 3.05) is 52.9 Å². The first-order valence-corrected chi connectivity index (χ1v) is 36.8. The molecule has 13 rings (SSSR count). The summed E-state index contributed by atoms with van der Waals surface area (Å²) in [5, 5.41) is 12.2. The van der Waals surface area contributed by atoms with Gasteiger partial charge in [0, 0.05) is 21.5 Å². The van der Waals surface area contributed by atoms with Crippen molar-refractivity contribution >= 4 is 177 Å². The molecule has 0 radical (unpaired) electrons. The Bertz CT molecular complexity index is 5130. The highest BCUT2D eigenvalue weighted by atomic mass is 16.6. The SMILES string of the molecule is CCCCOC(=O)c1ccc2c3ccc(C(=O)OCCCC)c4c(C(=O)OCCCC)cc5c6c(ccc7c8cc(C(=O)OCCCC)c9c(C(=O)OCCCC)ccc%10c%11ccc(C(=O)OCCCC)c%12c(C(=O)OCCCC)cc(c76)c(c%12%11)c8c9%10)c6cc(C(=O)OCCCC)c1c2c6c5c43. The molecule has 16 heteroatoms. The molecule has 0 saturated heterocycles. The van der Waals surface area contributed by atoms with Crippen LogP contribution in [0.4, 0.5) is 0 Å². The second-order valence-electron chi connectivity index (χ2n) is 26.9. The number of fused-ring (bicyclic) bond motifs is 9. The number of ether oxygens (including phenoxy) is 8. The van der Waals surface area contributed by atoms with Gasteiger partial charge in [0.05, 0.1) is 97.4 Å². The first-order chi connectivity index (χ1) is 49.7. The van der Waals surface area contributed by atoms with Gasteiger partial charge in [-0.3, -0.25) is 0 Å². The van der Waals surface area contributed by atoms with Crippen LogP contribution in [-0.2, 0) is 37.9 Å². The summed E-state index contributed by atoms with van der Waals surface area (Å²) in [6.07, 6.45) is 10.5. The van der Waals surface area contributed by atoms with Crippen LogP contribution < -0.4 is 0 Å². The lowest BCUT2D eigenvalue weighted by atomic mass is 9.76. The minimum Gasteiger partial charge on any atom is -0.462 e. The summed E-state index contributed by atoms with van der Waals surface area (Å²) >= 11 is 0. The summed E-state index contributed by atoms with van der Waals surface area (Å²) < 4.78 is 49.0. The van der Waals surface area contributed by atoms with Crippen LogP contribution in [0.3, 0.4) is 0 Å². The second kappa shape index (κ2) is 30.2. The van der Waals surface area contributed by atoms with Gasteiger partial charge in [-0.05, 0) is 208 Å². The molecule has 0 aliphatic heterocycles. The normalized spacial score (nSPS) is 12.0. The summed E-state index contributed by atoms with van der Waals surface area (Å²) in [6, 6.07) is 25.0. The lowest BCUT2D eigenvalue weighted by Gasteiger charge is -2.26. The topological polar surface area (TPSA) is 210 Å². The van der Waals surface area contributed by atoms with Crippen LogP contribution in [0.5, 0.6) is 0 Å². The molecule has 0 fully saturated rings. The van der Waals surface area contributed by atoms with E-state index in [-0.39, 0.29) is 108 Å². The zero-order valence-corrected chi connectivity index (χ0v) is 59.6. The molecular formula is C86H86O16. The third-order valence-corrected chi connectivity index (χ3v) is 20.1. The zero-order valence-electron chi connectivity index (χ0n) is 59.6. The molecule has 0 aromatic heterocycles. The Labute approximate surface area is 590 Å². The summed E-state index contributed by atoms with van der Waals surface area (Å²) in [6.45, 7) is 16.8. The number of esters is 8. The molecule has 0 heterocycles. The Balaban J connectivity index is 1.33. The first-order valence-electron chi connectivity index (χ1n) is 36.8. The van der Waals surface area contributed by atoms with Crippen molar-refractivity contribution in [3.8, 4) is 0 Å². The number of carbonyl (C=O) groups excluding carboxylic acids is 8. The average Bonchev–Trinajstić information content (AvgIpc) is 0.676. The molecule has 0 spiro atoms. The highest BCUT2D eigenvalue weighted by Gasteiger charge is 2.36. The molecule has 0 amide bonds. The summed E-state index contributed by atoms with van der Waals surface area (Å²) in [4.78, 5) is 122. The number of hydrogen-bond acceptors (Lipinski definition) is 16. The standard InChI is InChI=1S/C86H86O16/c1-9-17-35-95-79(87)53-31-27-47-49-29-33-55(81(89)97-37-19-11-3)69-63(85(93)101-41-23-15-7)45-59-65-51(57-43-61(83(91)99-39-21-13-5)67(53)71(47)75(57)77(59)73(49)69)25-26-52-58-44-62(84(92)100-40-22-14-6)68-54(80(88)96-36-18-10-2)32-28-48-50-30-34-56(82(90)98-38-20-12-4)70-64(86(94)102-42-24-16-8)46-60(66(52)65)78(74(50)70)76(58)72(48)68/h25-34,43-46H,9-24,35-42H2,1-8H3. The van der Waals surface area contributed by atoms with Gasteiger partial charge in [0.1, 0.15) is 0 Å². The summed E-state index contributed by atoms with van der Waals surface area (Å²) in [5.41, 5.74) is 0.861. The molecule has 102 heavy (non-hydrogen) atoms. The van der Waals surface area contributed by atoms with Gasteiger partial charge in [0.15, 0.2) is 0 Å². The molecule has 526 valence electrons. The van der Waals surface area contributed by atoms with E-state index in [1.54, 1.807) is 48.5 Å². The Hall–Kier alpha value is -10.2. The maximum Gasteiger partial charge on any atom is 0.338 e. The largest absolute Gasteiger partial charge is 0.462 e. The van der Waals surface area contributed by atoms with Gasteiger partial charge >= 0.3 is 47.8 Å². The van der Waals surface area contributed by atoms with Gasteiger partial charge in [0.2, 0.25) is 0 Å². The Morgan fingerprint density at radius 2 is 0.343 bits per heavy atom. The monoisotopic (exact) mass is 1370 g/mol. The van der Waals surface area contributed by atoms with Gasteiger partial charge in [0.25, 0.3) is 0 Å². The predicted molar refractivity (Wildman–Crippen MR) is 403 cm³/mol. The highest BCUT2D eigenvalue weighted by molar-refractivity contribution is 6.54. The van der Waals surface area contributed by atoms with Crippen LogP contribution in [0.1, 0.15) is 241 Å². The Kier molecular flexibility index (Phi) is 20.8. The molecule has 0 atom stereocenters. The van der Waals surface area contributed by atoms with E-state index in [0.717, 1.165) is 51.4 Å². The van der Waals surface area contributed by atoms with E-state index in [9.17, 15) is 19.2 Å². The maximum atomic E-state index is 15.6. The molecule has 16 nitrogen and oxygen atoms in total. The summed E-state index contributed by atoms with van der Waals surface area (Å²) in [7, 11) is 0. The minimum absolute atomic E-state index is 0.0680. The van der Waals surface area contributed by atoms with E-state index < -0.39 is 47.8 Å². The van der Waals surface area contributed by atoms with Crippen molar-refractivity contribution in [3.63, 3.8) is 0 Å². The first kappa shape index (κ1) is 70.2. The average molecular weight is 1380 g/mol. The van der Waals surface area contributed by atoms with Crippen molar-refractivity contribution in [1.29, 1.82) is 0 Å². The van der Waals surface area contributed by atoms with Gasteiger partial charge in [-0.15, -0.1) is 0 Å². The fraction of sp³-hybridized carbons (Fsp3) is 0.372. The third-order valence-electron chi connectivity index (χ3n) is 20.1. The molecule has 0 saturated carbocycles. The molecular weight excluding hydrogens is 1290 g/mol. The fourth-order valence-corrected chi connectivity index (χ4v) is 15.0. The predicted octanol–water partition coefficient (Wildman–Crippen LogP) is 20.9. The van der Waals surface area contributed by atoms with E-state index in [2.05, 4.69) is 0 Å². The van der Waals surface area contributed by atoms with E-state index in [1.807, 2.05) is 91.8 Å². The summed E-state index contributed by atoms with van der Waals surface area (Å²) in [5.74, 6) is -5.32. The van der Waals surface area contributed by atoms with Crippen LogP contribution >= 0.6 is 0 Å². The lowest BCUT2D eigenvalue weighted by Crippen LogP contribution is -2.14. The lowest BCUT2D eigenvalue weighted by molar-refractivity contribution is 0.0485. The molecule has 13 aromatic carbocycles. The van der Waals surface area contributed by atoms with E-state index in [4.69, 9.17) is 37.9 Å². The van der Waals surface area contributed by atoms with Gasteiger partial charge in [-0.1, -0.05) is 143 Å². The maximum absolute atomic E-state index is 15.6. The quantitative estimate of drug-likeness (QED) is 0.0126. The number of unbranched alkanes of at least 4 members (excludes halogenated alkanes) is 8. The third kappa shape index (κ3) is 12.0. The Morgan fingerprint density at radius 1 is 0.186 bits per heavy atom. The highest BCUT2D eigenvalue weighted by Crippen LogP contribution is 2.57. The number of hydrogen-bond donors (Lipinski definition) is 0. The van der Waals surface area contributed by atoms with Crippen LogP contribution in [0, 0.1) is 0 Å². The van der Waals surface area contributed by atoms with Crippen LogP contribution in [-0.4, -0.2) is 101 Å². The van der Waals surface area contributed by atoms with E-state index in [0.29, 0.717) is 170 Å². The van der Waals surface area contributed by atoms with Crippen LogP contribution in [0.25, 0.3) is 129 Å². The molecule has 0 N–H and O–H groups in total. The number of carbonyl (C=O) groups is 8. The molecule has 13 aromatic rings. The van der Waals surface area contributed by atoms with Gasteiger partial charge < -0.3 is 37.9 Å². The number of benzene rings is 13. The number of rotatable bonds is 32. The van der Waals surface area contributed by atoms with Crippen molar-refractivity contribution in [1.82, 2.24) is 0 Å². The fourth-order valence-electron chi connectivity index (χ4n) is 15.0. The minimum atomic E-state index is -0.699. The van der Waals surface area contributed by atoms with E-state index >= 15 is 19.2 Å². The van der Waals surface area contributed by atoms with Crippen molar-refractivity contribution < 1.29 is 76.3 Å². The molecule has 0 bridgehead atoms. The molecule has 0 aliphatic carbocycles. The van der Waals surface area contributed by atoms with E-state index in [1.165, 1.54) is 0 Å². The Morgan fingerprint density at radius 3 is 0.549 bits per heavy atom. The molecule has 0 unspecified atom stereocenters. The van der Waals surface area contributed by atoms with Crippen LogP contribution in [0.15, 0.2) is 84.9 Å². The van der Waals surface area contributed by atoms with Crippen molar-refractivity contribution in [2.24, 2.45) is 0 Å². The van der Waals surface area contributed by atoms with Gasteiger partial charge in [-0.25, -0.2) is 38.4 Å².